The van der Waals surface area contributed by atoms with Crippen LogP contribution in [0, 0.1) is 0 Å². The molecule has 0 aliphatic carbocycles. The van der Waals surface area contributed by atoms with Crippen LogP contribution in [0.3, 0.4) is 0 Å². The third-order valence-corrected chi connectivity index (χ3v) is 3.98. The van der Waals surface area contributed by atoms with Gasteiger partial charge < -0.3 is 14.0 Å². The topological polar surface area (TPSA) is 83.3 Å². The van der Waals surface area contributed by atoms with Gasteiger partial charge in [0.1, 0.15) is 18.1 Å². The van der Waals surface area contributed by atoms with Crippen LogP contribution in [0.15, 0.2) is 67.4 Å². The smallest absolute Gasteiger partial charge is 0.356 e. The quantitative estimate of drug-likeness (QED) is 0.599. The maximum absolute atomic E-state index is 12.4. The highest BCUT2D eigenvalue weighted by Crippen LogP contribution is 2.19. The zero-order chi connectivity index (χ0) is 19.1. The van der Waals surface area contributed by atoms with Crippen LogP contribution in [0.5, 0.6) is 5.75 Å². The second kappa shape index (κ2) is 8.75. The zero-order valence-corrected chi connectivity index (χ0v) is 14.8. The molecule has 3 aromatic rings. The van der Waals surface area contributed by atoms with Crippen LogP contribution >= 0.6 is 0 Å². The number of rotatable bonds is 7. The van der Waals surface area contributed by atoms with Crippen molar-refractivity contribution in [1.82, 2.24) is 14.5 Å². The first-order valence-corrected chi connectivity index (χ1v) is 8.50. The summed E-state index contributed by atoms with van der Waals surface area (Å²) >= 11 is 0. The summed E-state index contributed by atoms with van der Waals surface area (Å²) in [7, 11) is 0. The Balaban J connectivity index is 1.55. The number of hydrogen-bond acceptors (Lipinski definition) is 6. The van der Waals surface area contributed by atoms with Gasteiger partial charge in [-0.1, -0.05) is 30.3 Å². The summed E-state index contributed by atoms with van der Waals surface area (Å²) in [6.07, 6.45) is 6.01. The molecule has 138 valence electrons. The Morgan fingerprint density at radius 1 is 1.07 bits per heavy atom. The Labute approximate surface area is 156 Å². The van der Waals surface area contributed by atoms with Gasteiger partial charge in [-0.2, -0.15) is 0 Å². The highest BCUT2D eigenvalue weighted by Gasteiger charge is 2.18. The molecular weight excluding hydrogens is 346 g/mol. The minimum absolute atomic E-state index is 0.0526. The Kier molecular flexibility index (Phi) is 5.94. The summed E-state index contributed by atoms with van der Waals surface area (Å²) in [5.41, 5.74) is 1.37. The van der Waals surface area contributed by atoms with Crippen molar-refractivity contribution in [3.63, 3.8) is 0 Å². The van der Waals surface area contributed by atoms with Crippen LogP contribution in [-0.2, 0) is 9.53 Å². The number of pyridine rings is 1. The summed E-state index contributed by atoms with van der Waals surface area (Å²) in [5.74, 6) is -0.685. The van der Waals surface area contributed by atoms with Gasteiger partial charge in [-0.15, -0.1) is 0 Å². The van der Waals surface area contributed by atoms with Crippen molar-refractivity contribution in [3.05, 3.63) is 78.6 Å². The maximum Gasteiger partial charge on any atom is 0.356 e. The Bertz CT molecular complexity index is 894. The number of nitrogens with zero attached hydrogens (tertiary/aromatic N) is 3. The van der Waals surface area contributed by atoms with E-state index in [9.17, 15) is 9.59 Å². The number of benzene rings is 1. The highest BCUT2D eigenvalue weighted by molar-refractivity contribution is 5.87. The number of carbonyl (C=O) groups excluding carboxylic acids is 2. The van der Waals surface area contributed by atoms with E-state index in [4.69, 9.17) is 9.47 Å². The highest BCUT2D eigenvalue weighted by atomic mass is 16.5. The van der Waals surface area contributed by atoms with Crippen molar-refractivity contribution < 1.29 is 19.1 Å². The predicted octanol–water partition coefficient (Wildman–Crippen LogP) is 3.04. The minimum Gasteiger partial charge on any atom is -0.460 e. The van der Waals surface area contributed by atoms with Gasteiger partial charge in [-0.25, -0.2) is 9.78 Å². The van der Waals surface area contributed by atoms with Crippen molar-refractivity contribution in [2.75, 3.05) is 6.61 Å². The molecule has 0 radical (unpaired) electrons. The summed E-state index contributed by atoms with van der Waals surface area (Å²) < 4.78 is 12.0. The SMILES string of the molecule is CC(c1ccccc1)n1cncc1C(=O)OCCC(=O)Oc1cccnc1. The molecule has 0 amide bonds. The van der Waals surface area contributed by atoms with Crippen molar-refractivity contribution in [2.24, 2.45) is 0 Å². The van der Waals surface area contributed by atoms with E-state index in [0.717, 1.165) is 5.56 Å². The normalized spacial score (nSPS) is 11.6. The van der Waals surface area contributed by atoms with Gasteiger partial charge in [-0.3, -0.25) is 9.78 Å². The third-order valence-electron chi connectivity index (χ3n) is 3.98. The molecule has 27 heavy (non-hydrogen) atoms. The van der Waals surface area contributed by atoms with E-state index in [1.807, 2.05) is 37.3 Å². The molecule has 1 atom stereocenters. The Hall–Kier alpha value is -3.48. The standard InChI is InChI=1S/C20H19N3O4/c1-15(16-6-3-2-4-7-16)23-14-22-13-18(23)20(25)26-11-9-19(24)27-17-8-5-10-21-12-17/h2-8,10,12-15H,9,11H2,1H3. The summed E-state index contributed by atoms with van der Waals surface area (Å²) in [6, 6.07) is 13.0. The van der Waals surface area contributed by atoms with Gasteiger partial charge in [0.2, 0.25) is 0 Å². The van der Waals surface area contributed by atoms with Crippen LogP contribution in [0.4, 0.5) is 0 Å². The minimum atomic E-state index is -0.538. The number of carbonyl (C=O) groups is 2. The second-order valence-electron chi connectivity index (χ2n) is 5.82. The van der Waals surface area contributed by atoms with E-state index in [-0.39, 0.29) is 19.1 Å². The van der Waals surface area contributed by atoms with Crippen molar-refractivity contribution in [1.29, 1.82) is 0 Å². The lowest BCUT2D eigenvalue weighted by Gasteiger charge is -2.16. The number of imidazole rings is 1. The van der Waals surface area contributed by atoms with E-state index in [0.29, 0.717) is 11.4 Å². The van der Waals surface area contributed by atoms with E-state index in [1.54, 1.807) is 29.2 Å². The van der Waals surface area contributed by atoms with E-state index in [2.05, 4.69) is 9.97 Å². The molecule has 0 saturated carbocycles. The van der Waals surface area contributed by atoms with Crippen LogP contribution in [-0.4, -0.2) is 33.1 Å². The fraction of sp³-hybridized carbons (Fsp3) is 0.200. The first kappa shape index (κ1) is 18.3. The molecule has 3 rings (SSSR count). The van der Waals surface area contributed by atoms with Crippen LogP contribution in [0.2, 0.25) is 0 Å². The summed E-state index contributed by atoms with van der Waals surface area (Å²) in [4.78, 5) is 32.1. The summed E-state index contributed by atoms with van der Waals surface area (Å²) in [5, 5.41) is 0. The zero-order valence-electron chi connectivity index (χ0n) is 14.8. The molecule has 7 nitrogen and oxygen atoms in total. The van der Waals surface area contributed by atoms with Crippen LogP contribution in [0.1, 0.15) is 35.4 Å². The molecule has 0 saturated heterocycles. The van der Waals surface area contributed by atoms with Crippen LogP contribution < -0.4 is 4.74 Å². The van der Waals surface area contributed by atoms with Crippen LogP contribution in [0.25, 0.3) is 0 Å². The fourth-order valence-electron chi connectivity index (χ4n) is 2.55. The van der Waals surface area contributed by atoms with Gasteiger partial charge >= 0.3 is 11.9 Å². The molecule has 2 heterocycles. The second-order valence-corrected chi connectivity index (χ2v) is 5.82. The van der Waals surface area contributed by atoms with Crippen molar-refractivity contribution >= 4 is 11.9 Å². The van der Waals surface area contributed by atoms with E-state index < -0.39 is 11.9 Å². The molecule has 1 unspecified atom stereocenters. The Morgan fingerprint density at radius 3 is 2.63 bits per heavy atom. The lowest BCUT2D eigenvalue weighted by atomic mass is 10.1. The van der Waals surface area contributed by atoms with Gasteiger partial charge in [0.15, 0.2) is 0 Å². The molecule has 0 aliphatic heterocycles. The first-order chi connectivity index (χ1) is 13.1. The predicted molar refractivity (Wildman–Crippen MR) is 97.3 cm³/mol. The van der Waals surface area contributed by atoms with Gasteiger partial charge in [-0.05, 0) is 24.6 Å². The number of aromatic nitrogens is 3. The lowest BCUT2D eigenvalue weighted by Crippen LogP contribution is -2.18. The molecule has 0 bridgehead atoms. The summed E-state index contributed by atoms with van der Waals surface area (Å²) in [6.45, 7) is 1.89. The first-order valence-electron chi connectivity index (χ1n) is 8.50. The van der Waals surface area contributed by atoms with Crippen molar-refractivity contribution in [2.45, 2.75) is 19.4 Å². The third kappa shape index (κ3) is 4.78. The Morgan fingerprint density at radius 2 is 1.89 bits per heavy atom. The molecule has 0 N–H and O–H groups in total. The molecular formula is C20H19N3O4. The van der Waals surface area contributed by atoms with E-state index in [1.165, 1.54) is 12.4 Å². The van der Waals surface area contributed by atoms with Gasteiger partial charge in [0, 0.05) is 6.20 Å². The van der Waals surface area contributed by atoms with Crippen molar-refractivity contribution in [3.8, 4) is 5.75 Å². The number of ether oxygens (including phenoxy) is 2. The molecule has 1 aromatic carbocycles. The molecule has 0 fully saturated rings. The molecule has 2 aromatic heterocycles. The number of hydrogen-bond donors (Lipinski definition) is 0. The van der Waals surface area contributed by atoms with Gasteiger partial charge in [0.05, 0.1) is 31.2 Å². The fourth-order valence-corrected chi connectivity index (χ4v) is 2.55. The monoisotopic (exact) mass is 365 g/mol. The average Bonchev–Trinajstić information content (AvgIpc) is 3.18. The molecule has 0 spiro atoms. The lowest BCUT2D eigenvalue weighted by molar-refractivity contribution is -0.135. The largest absolute Gasteiger partial charge is 0.460 e. The average molecular weight is 365 g/mol. The molecule has 7 heteroatoms. The molecule has 0 aliphatic rings. The van der Waals surface area contributed by atoms with Gasteiger partial charge in [0.25, 0.3) is 0 Å². The van der Waals surface area contributed by atoms with E-state index >= 15 is 0 Å². The maximum atomic E-state index is 12.4. The number of esters is 2.